The molecule has 1 fully saturated rings. The Balaban J connectivity index is 1.42. The number of carbonyl (C=O) groups is 1. The second-order valence-corrected chi connectivity index (χ2v) is 8.23. The molecule has 10 nitrogen and oxygen atoms in total. The van der Waals surface area contributed by atoms with Crippen molar-refractivity contribution in [2.75, 3.05) is 36.5 Å². The lowest BCUT2D eigenvalue weighted by molar-refractivity contribution is -0.384. The molecule has 10 heteroatoms. The molecule has 1 saturated heterocycles. The van der Waals surface area contributed by atoms with E-state index < -0.39 is 10.8 Å². The number of fused-ring (bicyclic) bond motifs is 1. The van der Waals surface area contributed by atoms with Crippen molar-refractivity contribution in [2.45, 2.75) is 13.3 Å². The SMILES string of the molecule is CCc1ccc(-n2nc3ccc(NC(=O)c4cc([N+](=O)[O-])ccc4N4CCOCC4)cc3n2)cc1. The molecule has 4 aromatic rings. The maximum atomic E-state index is 13.2. The highest BCUT2D eigenvalue weighted by Gasteiger charge is 2.22. The molecule has 0 bridgehead atoms. The van der Waals surface area contributed by atoms with Crippen LogP contribution in [0.15, 0.2) is 60.7 Å². The minimum absolute atomic E-state index is 0.139. The first-order chi connectivity index (χ1) is 17.0. The van der Waals surface area contributed by atoms with Crippen molar-refractivity contribution >= 4 is 34.0 Å². The Morgan fingerprint density at radius 1 is 1.03 bits per heavy atom. The summed E-state index contributed by atoms with van der Waals surface area (Å²) in [6.45, 7) is 4.37. The smallest absolute Gasteiger partial charge is 0.270 e. The Bertz CT molecular complexity index is 1390. The van der Waals surface area contributed by atoms with Crippen molar-refractivity contribution in [1.82, 2.24) is 15.0 Å². The molecule has 1 amide bonds. The van der Waals surface area contributed by atoms with Gasteiger partial charge in [0.25, 0.3) is 11.6 Å². The van der Waals surface area contributed by atoms with Gasteiger partial charge >= 0.3 is 0 Å². The van der Waals surface area contributed by atoms with Crippen LogP contribution in [0.5, 0.6) is 0 Å². The van der Waals surface area contributed by atoms with Gasteiger partial charge in [-0.05, 0) is 48.4 Å². The van der Waals surface area contributed by atoms with Crippen molar-refractivity contribution in [2.24, 2.45) is 0 Å². The van der Waals surface area contributed by atoms with E-state index >= 15 is 0 Å². The lowest BCUT2D eigenvalue weighted by Crippen LogP contribution is -2.37. The predicted octanol–water partition coefficient (Wildman–Crippen LogP) is 3.98. The minimum atomic E-state index is -0.503. The zero-order valence-electron chi connectivity index (χ0n) is 19.2. The van der Waals surface area contributed by atoms with Crippen LogP contribution in [0.3, 0.4) is 0 Å². The number of hydrogen-bond acceptors (Lipinski definition) is 7. The van der Waals surface area contributed by atoms with Crippen LogP contribution in [0.2, 0.25) is 0 Å². The second kappa shape index (κ2) is 9.51. The quantitative estimate of drug-likeness (QED) is 0.333. The molecule has 0 spiro atoms. The number of ether oxygens (including phenoxy) is 1. The van der Waals surface area contributed by atoms with E-state index in [2.05, 4.69) is 22.4 Å². The van der Waals surface area contributed by atoms with Crippen molar-refractivity contribution in [3.63, 3.8) is 0 Å². The maximum absolute atomic E-state index is 13.2. The third-order valence-electron chi connectivity index (χ3n) is 6.00. The number of nitro benzene ring substituents is 1. The molecule has 0 radical (unpaired) electrons. The fraction of sp³-hybridized carbons (Fsp3) is 0.240. The summed E-state index contributed by atoms with van der Waals surface area (Å²) in [6, 6.07) is 17.6. The van der Waals surface area contributed by atoms with E-state index in [0.29, 0.717) is 48.7 Å². The molecule has 3 aromatic carbocycles. The fourth-order valence-electron chi connectivity index (χ4n) is 4.07. The molecule has 178 valence electrons. The van der Waals surface area contributed by atoms with Gasteiger partial charge in [-0.25, -0.2) is 0 Å². The number of nitro groups is 1. The van der Waals surface area contributed by atoms with Crippen molar-refractivity contribution < 1.29 is 14.5 Å². The summed E-state index contributed by atoms with van der Waals surface area (Å²) in [5, 5.41) is 23.3. The van der Waals surface area contributed by atoms with Gasteiger partial charge in [-0.1, -0.05) is 19.1 Å². The number of nitrogens with one attached hydrogen (secondary N) is 1. The van der Waals surface area contributed by atoms with Crippen LogP contribution in [0.1, 0.15) is 22.8 Å². The van der Waals surface area contributed by atoms with Crippen molar-refractivity contribution in [3.05, 3.63) is 81.9 Å². The van der Waals surface area contributed by atoms with Gasteiger partial charge in [0.05, 0.1) is 35.1 Å². The van der Waals surface area contributed by atoms with E-state index in [0.717, 1.165) is 12.1 Å². The van der Waals surface area contributed by atoms with Crippen LogP contribution >= 0.6 is 0 Å². The summed E-state index contributed by atoms with van der Waals surface area (Å²) in [4.78, 5) is 27.6. The first kappa shape index (κ1) is 22.5. The maximum Gasteiger partial charge on any atom is 0.270 e. The number of carbonyl (C=O) groups excluding carboxylic acids is 1. The molecule has 0 atom stereocenters. The Morgan fingerprint density at radius 2 is 1.77 bits per heavy atom. The van der Waals surface area contributed by atoms with Gasteiger partial charge < -0.3 is 15.0 Å². The highest BCUT2D eigenvalue weighted by atomic mass is 16.6. The monoisotopic (exact) mass is 472 g/mol. The van der Waals surface area contributed by atoms with Gasteiger partial charge in [0.1, 0.15) is 11.0 Å². The van der Waals surface area contributed by atoms with Gasteiger partial charge in [0.2, 0.25) is 0 Å². The Labute approximate surface area is 201 Å². The van der Waals surface area contributed by atoms with Gasteiger partial charge in [0, 0.05) is 30.9 Å². The number of non-ortho nitro benzene ring substituents is 1. The molecule has 2 heterocycles. The Hall–Kier alpha value is -4.31. The third kappa shape index (κ3) is 4.69. The van der Waals surface area contributed by atoms with E-state index in [9.17, 15) is 14.9 Å². The van der Waals surface area contributed by atoms with Crippen LogP contribution in [0.25, 0.3) is 16.7 Å². The summed E-state index contributed by atoms with van der Waals surface area (Å²) in [5.41, 5.74) is 4.64. The van der Waals surface area contributed by atoms with Gasteiger partial charge in [-0.2, -0.15) is 4.80 Å². The highest BCUT2D eigenvalue weighted by Crippen LogP contribution is 2.28. The second-order valence-electron chi connectivity index (χ2n) is 8.23. The zero-order chi connectivity index (χ0) is 24.4. The van der Waals surface area contributed by atoms with Gasteiger partial charge in [0.15, 0.2) is 0 Å². The summed E-state index contributed by atoms with van der Waals surface area (Å²) < 4.78 is 5.40. The van der Waals surface area contributed by atoms with Crippen LogP contribution in [-0.2, 0) is 11.2 Å². The van der Waals surface area contributed by atoms with Crippen molar-refractivity contribution in [3.8, 4) is 5.69 Å². The number of aryl methyl sites for hydroxylation is 1. The van der Waals surface area contributed by atoms with E-state index in [1.54, 1.807) is 29.1 Å². The van der Waals surface area contributed by atoms with E-state index in [-0.39, 0.29) is 11.3 Å². The van der Waals surface area contributed by atoms with Crippen LogP contribution in [-0.4, -0.2) is 52.1 Å². The third-order valence-corrected chi connectivity index (χ3v) is 6.00. The van der Waals surface area contributed by atoms with Crippen LogP contribution in [0.4, 0.5) is 17.1 Å². The lowest BCUT2D eigenvalue weighted by Gasteiger charge is -2.30. The molecule has 1 aliphatic rings. The van der Waals surface area contributed by atoms with E-state index in [1.807, 2.05) is 29.2 Å². The first-order valence-electron chi connectivity index (χ1n) is 11.4. The predicted molar refractivity (Wildman–Crippen MR) is 132 cm³/mol. The molecule has 1 aromatic heterocycles. The summed E-state index contributed by atoms with van der Waals surface area (Å²) in [5.74, 6) is -0.433. The first-order valence-corrected chi connectivity index (χ1v) is 11.4. The molecule has 0 aliphatic carbocycles. The molecule has 0 saturated carbocycles. The highest BCUT2D eigenvalue weighted by molar-refractivity contribution is 6.09. The number of morpholine rings is 1. The molecule has 35 heavy (non-hydrogen) atoms. The fourth-order valence-corrected chi connectivity index (χ4v) is 4.07. The van der Waals surface area contributed by atoms with Gasteiger partial charge in [-0.15, -0.1) is 10.2 Å². The Kier molecular flexibility index (Phi) is 6.11. The standard InChI is InChI=1S/C25H24N6O4/c1-2-17-3-6-19(7-4-17)30-27-22-9-5-18(15-23(22)28-30)26-25(32)21-16-20(31(33)34)8-10-24(21)29-11-13-35-14-12-29/h3-10,15-16H,2,11-14H2,1H3,(H,26,32). The van der Waals surface area contributed by atoms with Crippen LogP contribution < -0.4 is 10.2 Å². The largest absolute Gasteiger partial charge is 0.378 e. The molecule has 0 unspecified atom stereocenters. The molecule has 1 N–H and O–H groups in total. The number of aromatic nitrogens is 3. The van der Waals surface area contributed by atoms with Crippen LogP contribution in [0, 0.1) is 10.1 Å². The normalized spacial score (nSPS) is 13.7. The summed E-state index contributed by atoms with van der Waals surface area (Å²) in [7, 11) is 0. The summed E-state index contributed by atoms with van der Waals surface area (Å²) in [6.07, 6.45) is 0.954. The average Bonchev–Trinajstić information content (AvgIpc) is 3.32. The topological polar surface area (TPSA) is 115 Å². The zero-order valence-corrected chi connectivity index (χ0v) is 19.2. The number of benzene rings is 3. The van der Waals surface area contributed by atoms with Gasteiger partial charge in [-0.3, -0.25) is 14.9 Å². The molecular formula is C25H24N6O4. The number of hydrogen-bond donors (Lipinski definition) is 1. The van der Waals surface area contributed by atoms with Crippen molar-refractivity contribution in [1.29, 1.82) is 0 Å². The molecule has 5 rings (SSSR count). The Morgan fingerprint density at radius 3 is 2.49 bits per heavy atom. The van der Waals surface area contributed by atoms with E-state index in [4.69, 9.17) is 4.74 Å². The summed E-state index contributed by atoms with van der Waals surface area (Å²) >= 11 is 0. The number of anilines is 2. The number of rotatable bonds is 6. The number of amides is 1. The minimum Gasteiger partial charge on any atom is -0.378 e. The molecule has 1 aliphatic heterocycles. The number of nitrogens with zero attached hydrogens (tertiary/aromatic N) is 5. The molecular weight excluding hydrogens is 448 g/mol. The average molecular weight is 473 g/mol. The lowest BCUT2D eigenvalue weighted by atomic mass is 10.1. The van der Waals surface area contributed by atoms with E-state index in [1.165, 1.54) is 17.7 Å².